The van der Waals surface area contributed by atoms with Gasteiger partial charge in [-0.3, -0.25) is 14.4 Å². The van der Waals surface area contributed by atoms with Crippen LogP contribution in [0.2, 0.25) is 0 Å². The van der Waals surface area contributed by atoms with E-state index in [9.17, 15) is 9.59 Å². The van der Waals surface area contributed by atoms with Crippen LogP contribution in [0.4, 0.5) is 0 Å². The molecule has 0 saturated carbocycles. The quantitative estimate of drug-likeness (QED) is 0.559. The molecule has 0 heterocycles. The molecular formula is C15H20N2O4. The molecule has 21 heavy (non-hydrogen) atoms. The van der Waals surface area contributed by atoms with Crippen LogP contribution >= 0.6 is 0 Å². The minimum Gasteiger partial charge on any atom is -0.494 e. The molecule has 0 fully saturated rings. The standard InChI is InChI=1S/C15H20N2O4/c1-3-10-20-13-7-4-12(5-8-13)6-9-14(18)17-21-11-15(19)16-2/h4-9H,3,10-11H2,1-2H3,(H,16,19)(H,17,18)/b9-6+. The van der Waals surface area contributed by atoms with Crippen molar-refractivity contribution in [3.63, 3.8) is 0 Å². The SMILES string of the molecule is CCCOc1ccc(/C=C/C(=O)NOCC(=O)NC)cc1. The third-order valence-corrected chi connectivity index (χ3v) is 2.43. The van der Waals surface area contributed by atoms with E-state index >= 15 is 0 Å². The Balaban J connectivity index is 2.37. The first-order chi connectivity index (χ1) is 10.2. The van der Waals surface area contributed by atoms with Gasteiger partial charge in [-0.05, 0) is 30.2 Å². The first kappa shape index (κ1) is 16.7. The Morgan fingerprint density at radius 3 is 2.57 bits per heavy atom. The lowest BCUT2D eigenvalue weighted by atomic mass is 10.2. The van der Waals surface area contributed by atoms with E-state index in [1.54, 1.807) is 6.08 Å². The Bertz CT molecular complexity index is 483. The van der Waals surface area contributed by atoms with E-state index in [2.05, 4.69) is 10.8 Å². The van der Waals surface area contributed by atoms with E-state index in [1.807, 2.05) is 31.2 Å². The normalized spacial score (nSPS) is 10.4. The number of rotatable bonds is 8. The van der Waals surface area contributed by atoms with Gasteiger partial charge in [0.2, 0.25) is 5.91 Å². The minimum atomic E-state index is -0.440. The summed E-state index contributed by atoms with van der Waals surface area (Å²) < 4.78 is 5.46. The summed E-state index contributed by atoms with van der Waals surface area (Å²) in [6, 6.07) is 7.38. The molecule has 0 radical (unpaired) electrons. The van der Waals surface area contributed by atoms with Crippen molar-refractivity contribution >= 4 is 17.9 Å². The number of hydroxylamine groups is 1. The lowest BCUT2D eigenvalue weighted by Crippen LogP contribution is -2.30. The molecule has 1 rings (SSSR count). The van der Waals surface area contributed by atoms with Crippen LogP contribution in [0.5, 0.6) is 5.75 Å². The summed E-state index contributed by atoms with van der Waals surface area (Å²) in [5.74, 6) is 0.0412. The van der Waals surface area contributed by atoms with Crippen LogP contribution in [0.3, 0.4) is 0 Å². The molecule has 0 aromatic heterocycles. The number of carbonyl (C=O) groups is 2. The zero-order chi connectivity index (χ0) is 15.5. The van der Waals surface area contributed by atoms with E-state index in [4.69, 9.17) is 9.57 Å². The van der Waals surface area contributed by atoms with Crippen LogP contribution in [0.25, 0.3) is 6.08 Å². The fourth-order valence-electron chi connectivity index (χ4n) is 1.35. The van der Waals surface area contributed by atoms with Crippen LogP contribution < -0.4 is 15.5 Å². The molecule has 0 atom stereocenters. The Morgan fingerprint density at radius 2 is 1.95 bits per heavy atom. The second kappa shape index (κ2) is 9.55. The van der Waals surface area contributed by atoms with Crippen LogP contribution in [-0.4, -0.2) is 32.1 Å². The number of ether oxygens (including phenoxy) is 1. The molecule has 0 aliphatic heterocycles. The van der Waals surface area contributed by atoms with Crippen molar-refractivity contribution in [2.75, 3.05) is 20.3 Å². The van der Waals surface area contributed by atoms with E-state index in [-0.39, 0.29) is 12.5 Å². The summed E-state index contributed by atoms with van der Waals surface area (Å²) >= 11 is 0. The molecule has 1 aromatic rings. The molecule has 6 nitrogen and oxygen atoms in total. The zero-order valence-corrected chi connectivity index (χ0v) is 12.2. The minimum absolute atomic E-state index is 0.223. The highest BCUT2D eigenvalue weighted by Crippen LogP contribution is 2.13. The van der Waals surface area contributed by atoms with Gasteiger partial charge in [0, 0.05) is 13.1 Å². The van der Waals surface area contributed by atoms with Crippen molar-refractivity contribution in [1.29, 1.82) is 0 Å². The average molecular weight is 292 g/mol. The van der Waals surface area contributed by atoms with Crippen LogP contribution in [0.15, 0.2) is 30.3 Å². The highest BCUT2D eigenvalue weighted by atomic mass is 16.7. The first-order valence-corrected chi connectivity index (χ1v) is 6.69. The maximum Gasteiger partial charge on any atom is 0.267 e. The Hall–Kier alpha value is -2.34. The Morgan fingerprint density at radius 1 is 1.24 bits per heavy atom. The van der Waals surface area contributed by atoms with Gasteiger partial charge in [-0.2, -0.15) is 0 Å². The molecule has 2 amide bonds. The van der Waals surface area contributed by atoms with E-state index < -0.39 is 5.91 Å². The lowest BCUT2D eigenvalue weighted by molar-refractivity contribution is -0.135. The van der Waals surface area contributed by atoms with Gasteiger partial charge < -0.3 is 10.1 Å². The van der Waals surface area contributed by atoms with Gasteiger partial charge in [0.1, 0.15) is 5.75 Å². The molecule has 0 bridgehead atoms. The number of hydrogen-bond donors (Lipinski definition) is 2. The largest absolute Gasteiger partial charge is 0.494 e. The van der Waals surface area contributed by atoms with Crippen LogP contribution in [0, 0.1) is 0 Å². The Labute approximate surface area is 124 Å². The van der Waals surface area contributed by atoms with Gasteiger partial charge in [-0.1, -0.05) is 19.1 Å². The van der Waals surface area contributed by atoms with Crippen LogP contribution in [-0.2, 0) is 14.4 Å². The number of amides is 2. The fourth-order valence-corrected chi connectivity index (χ4v) is 1.35. The summed E-state index contributed by atoms with van der Waals surface area (Å²) in [6.07, 6.45) is 3.92. The van der Waals surface area contributed by atoms with Gasteiger partial charge in [0.15, 0.2) is 6.61 Å². The summed E-state index contributed by atoms with van der Waals surface area (Å²) in [6.45, 7) is 2.50. The molecule has 114 valence electrons. The predicted molar refractivity (Wildman–Crippen MR) is 79.4 cm³/mol. The third-order valence-electron chi connectivity index (χ3n) is 2.43. The molecule has 0 spiro atoms. The molecule has 0 unspecified atom stereocenters. The molecule has 0 saturated heterocycles. The smallest absolute Gasteiger partial charge is 0.267 e. The molecular weight excluding hydrogens is 272 g/mol. The third kappa shape index (κ3) is 7.12. The van der Waals surface area contributed by atoms with Gasteiger partial charge in [-0.25, -0.2) is 5.48 Å². The van der Waals surface area contributed by atoms with Crippen molar-refractivity contribution < 1.29 is 19.2 Å². The van der Waals surface area contributed by atoms with Crippen molar-refractivity contribution in [3.8, 4) is 5.75 Å². The monoisotopic (exact) mass is 292 g/mol. The average Bonchev–Trinajstić information content (AvgIpc) is 2.51. The van der Waals surface area contributed by atoms with Gasteiger partial charge >= 0.3 is 0 Å². The highest BCUT2D eigenvalue weighted by Gasteiger charge is 2.00. The van der Waals surface area contributed by atoms with Gasteiger partial charge in [0.05, 0.1) is 6.61 Å². The number of carbonyl (C=O) groups excluding carboxylic acids is 2. The van der Waals surface area contributed by atoms with Crippen molar-refractivity contribution in [2.45, 2.75) is 13.3 Å². The fraction of sp³-hybridized carbons (Fsp3) is 0.333. The highest BCUT2D eigenvalue weighted by molar-refractivity contribution is 5.91. The molecule has 2 N–H and O–H groups in total. The number of hydrogen-bond acceptors (Lipinski definition) is 4. The zero-order valence-electron chi connectivity index (χ0n) is 12.2. The maximum absolute atomic E-state index is 11.4. The second-order valence-electron chi connectivity index (χ2n) is 4.18. The summed E-state index contributed by atoms with van der Waals surface area (Å²) in [7, 11) is 1.49. The molecule has 0 aliphatic carbocycles. The summed E-state index contributed by atoms with van der Waals surface area (Å²) in [4.78, 5) is 27.0. The maximum atomic E-state index is 11.4. The van der Waals surface area contributed by atoms with Crippen molar-refractivity contribution in [2.24, 2.45) is 0 Å². The topological polar surface area (TPSA) is 76.7 Å². The Kier molecular flexibility index (Phi) is 7.60. The van der Waals surface area contributed by atoms with E-state index in [0.29, 0.717) is 6.61 Å². The molecule has 1 aromatic carbocycles. The van der Waals surface area contributed by atoms with E-state index in [0.717, 1.165) is 17.7 Å². The van der Waals surface area contributed by atoms with Gasteiger partial charge in [0.25, 0.3) is 5.91 Å². The number of nitrogens with one attached hydrogen (secondary N) is 2. The summed E-state index contributed by atoms with van der Waals surface area (Å²) in [5, 5.41) is 2.37. The molecule has 6 heteroatoms. The molecule has 0 aliphatic rings. The van der Waals surface area contributed by atoms with Crippen LogP contribution in [0.1, 0.15) is 18.9 Å². The summed E-state index contributed by atoms with van der Waals surface area (Å²) in [5.41, 5.74) is 3.01. The van der Waals surface area contributed by atoms with Gasteiger partial charge in [-0.15, -0.1) is 0 Å². The first-order valence-electron chi connectivity index (χ1n) is 6.69. The lowest BCUT2D eigenvalue weighted by Gasteiger charge is -2.04. The van der Waals surface area contributed by atoms with Crippen molar-refractivity contribution in [3.05, 3.63) is 35.9 Å². The van der Waals surface area contributed by atoms with E-state index in [1.165, 1.54) is 13.1 Å². The second-order valence-corrected chi connectivity index (χ2v) is 4.18. The number of benzene rings is 1. The predicted octanol–water partition coefficient (Wildman–Crippen LogP) is 1.28. The van der Waals surface area contributed by atoms with Crippen molar-refractivity contribution in [1.82, 2.24) is 10.8 Å². The number of likely N-dealkylation sites (N-methyl/N-ethyl adjacent to an activating group) is 1.